The fourth-order valence-corrected chi connectivity index (χ4v) is 5.64. The summed E-state index contributed by atoms with van der Waals surface area (Å²) in [4.78, 5) is 0. The SMILES string of the molecule is FC(F)(I)CCCC12CC3CC(CC(C3)C1)C2. The van der Waals surface area contributed by atoms with Crippen LogP contribution in [-0.2, 0) is 0 Å². The number of rotatable bonds is 4. The average molecular weight is 354 g/mol. The zero-order chi connectivity index (χ0) is 12.1. The maximum atomic E-state index is 12.9. The Balaban J connectivity index is 1.59. The third kappa shape index (κ3) is 2.79. The molecule has 3 heteroatoms. The first-order chi connectivity index (χ1) is 7.94. The van der Waals surface area contributed by atoms with E-state index >= 15 is 0 Å². The Morgan fingerprint density at radius 3 is 1.88 bits per heavy atom. The van der Waals surface area contributed by atoms with Crippen molar-refractivity contribution in [2.24, 2.45) is 23.2 Å². The van der Waals surface area contributed by atoms with Gasteiger partial charge in [0, 0.05) is 6.42 Å². The number of hydrogen-bond acceptors (Lipinski definition) is 0. The Morgan fingerprint density at radius 2 is 1.47 bits per heavy atom. The molecule has 0 aliphatic heterocycles. The molecular weight excluding hydrogens is 333 g/mol. The molecule has 17 heavy (non-hydrogen) atoms. The van der Waals surface area contributed by atoms with Crippen molar-refractivity contribution >= 4 is 22.6 Å². The van der Waals surface area contributed by atoms with E-state index in [0.29, 0.717) is 5.41 Å². The highest BCUT2D eigenvalue weighted by molar-refractivity contribution is 14.1. The van der Waals surface area contributed by atoms with E-state index in [4.69, 9.17) is 0 Å². The normalized spacial score (nSPS) is 44.3. The Labute approximate surface area is 116 Å². The summed E-state index contributed by atoms with van der Waals surface area (Å²) in [5, 5.41) is 0. The van der Waals surface area contributed by atoms with Gasteiger partial charge >= 0.3 is 0 Å². The smallest absolute Gasteiger partial charge is 0.195 e. The first kappa shape index (κ1) is 12.6. The molecule has 4 fully saturated rings. The molecule has 4 aliphatic carbocycles. The summed E-state index contributed by atoms with van der Waals surface area (Å²) in [5.74, 6) is 2.84. The van der Waals surface area contributed by atoms with Crippen LogP contribution in [0.3, 0.4) is 0 Å². The van der Waals surface area contributed by atoms with Crippen LogP contribution in [0.25, 0.3) is 0 Å². The van der Waals surface area contributed by atoms with Crippen molar-refractivity contribution < 1.29 is 8.78 Å². The van der Waals surface area contributed by atoms with Gasteiger partial charge in [-0.3, -0.25) is 0 Å². The van der Waals surface area contributed by atoms with Crippen LogP contribution in [0.4, 0.5) is 8.78 Å². The molecule has 0 radical (unpaired) electrons. The summed E-state index contributed by atoms with van der Waals surface area (Å²) in [6.07, 6.45) is 10.3. The number of hydrogen-bond donors (Lipinski definition) is 0. The van der Waals surface area contributed by atoms with Crippen molar-refractivity contribution in [2.75, 3.05) is 0 Å². The molecule has 0 aromatic carbocycles. The first-order valence-electron chi connectivity index (χ1n) is 7.01. The Bertz CT molecular complexity index is 260. The van der Waals surface area contributed by atoms with E-state index in [1.807, 2.05) is 0 Å². The van der Waals surface area contributed by atoms with E-state index in [9.17, 15) is 8.78 Å². The largest absolute Gasteiger partial charge is 0.296 e. The minimum atomic E-state index is -2.49. The third-order valence-electron chi connectivity index (χ3n) is 5.33. The van der Waals surface area contributed by atoms with Gasteiger partial charge in [0.05, 0.1) is 0 Å². The van der Waals surface area contributed by atoms with Gasteiger partial charge in [-0.15, -0.1) is 0 Å². The van der Waals surface area contributed by atoms with Crippen molar-refractivity contribution in [1.82, 2.24) is 0 Å². The second-order valence-electron chi connectivity index (χ2n) is 6.89. The Morgan fingerprint density at radius 1 is 1.00 bits per heavy atom. The van der Waals surface area contributed by atoms with Gasteiger partial charge in [-0.25, -0.2) is 0 Å². The van der Waals surface area contributed by atoms with Gasteiger partial charge in [-0.2, -0.15) is 8.78 Å². The number of halogens is 3. The summed E-state index contributed by atoms with van der Waals surface area (Å²) in [6, 6.07) is 0. The van der Waals surface area contributed by atoms with E-state index in [0.717, 1.165) is 30.6 Å². The third-order valence-corrected chi connectivity index (χ3v) is 5.87. The molecule has 0 aromatic rings. The molecule has 4 aliphatic rings. The van der Waals surface area contributed by atoms with Crippen molar-refractivity contribution in [3.63, 3.8) is 0 Å². The molecule has 4 saturated carbocycles. The first-order valence-corrected chi connectivity index (χ1v) is 8.09. The van der Waals surface area contributed by atoms with Gasteiger partial charge < -0.3 is 0 Å². The quantitative estimate of drug-likeness (QED) is 0.468. The fourth-order valence-electron chi connectivity index (χ4n) is 5.26. The molecule has 98 valence electrons. The lowest BCUT2D eigenvalue weighted by Gasteiger charge is -2.57. The zero-order valence-corrected chi connectivity index (χ0v) is 12.4. The van der Waals surface area contributed by atoms with Crippen LogP contribution < -0.4 is 0 Å². The minimum absolute atomic E-state index is 0.0787. The maximum absolute atomic E-state index is 12.9. The summed E-state index contributed by atoms with van der Waals surface area (Å²) in [5.41, 5.74) is 0.483. The molecule has 4 bridgehead atoms. The molecular formula is C14H21F2I. The molecule has 0 saturated heterocycles. The lowest BCUT2D eigenvalue weighted by Crippen LogP contribution is -2.46. The Hall–Kier alpha value is 0.590. The zero-order valence-electron chi connectivity index (χ0n) is 10.2. The minimum Gasteiger partial charge on any atom is -0.195 e. The lowest BCUT2D eigenvalue weighted by molar-refractivity contribution is -0.0600. The van der Waals surface area contributed by atoms with Crippen LogP contribution in [0.2, 0.25) is 0 Å². The molecule has 0 spiro atoms. The standard InChI is InChI=1S/C14H21F2I/c15-14(16,17)3-1-2-13-7-10-4-11(8-13)6-12(5-10)9-13/h10-12H,1-9H2. The van der Waals surface area contributed by atoms with Crippen molar-refractivity contribution in [1.29, 1.82) is 0 Å². The highest BCUT2D eigenvalue weighted by Crippen LogP contribution is 2.61. The molecule has 4 rings (SSSR count). The van der Waals surface area contributed by atoms with E-state index in [1.54, 1.807) is 0 Å². The van der Waals surface area contributed by atoms with Gasteiger partial charge in [0.25, 0.3) is 3.93 Å². The molecule has 0 unspecified atom stereocenters. The maximum Gasteiger partial charge on any atom is 0.296 e. The Kier molecular flexibility index (Phi) is 3.20. The highest BCUT2D eigenvalue weighted by Gasteiger charge is 2.50. The lowest BCUT2D eigenvalue weighted by atomic mass is 9.48. The molecule has 0 atom stereocenters. The molecule has 0 N–H and O–H groups in total. The van der Waals surface area contributed by atoms with Crippen LogP contribution in [-0.4, -0.2) is 3.93 Å². The van der Waals surface area contributed by atoms with Gasteiger partial charge in [-0.1, -0.05) is 0 Å². The second-order valence-corrected chi connectivity index (χ2v) is 8.46. The average Bonchev–Trinajstić information content (AvgIpc) is 2.11. The topological polar surface area (TPSA) is 0 Å². The second kappa shape index (κ2) is 4.31. The molecule has 0 aromatic heterocycles. The van der Waals surface area contributed by atoms with Crippen molar-refractivity contribution in [2.45, 2.75) is 61.7 Å². The van der Waals surface area contributed by atoms with Gasteiger partial charge in [0.1, 0.15) is 0 Å². The van der Waals surface area contributed by atoms with Crippen LogP contribution in [0.5, 0.6) is 0 Å². The van der Waals surface area contributed by atoms with E-state index < -0.39 is 3.93 Å². The predicted molar refractivity (Wildman–Crippen MR) is 73.4 cm³/mol. The monoisotopic (exact) mass is 354 g/mol. The van der Waals surface area contributed by atoms with Crippen molar-refractivity contribution in [3.05, 3.63) is 0 Å². The molecule has 0 heterocycles. The van der Waals surface area contributed by atoms with Crippen LogP contribution in [0.1, 0.15) is 57.8 Å². The molecule has 0 nitrogen and oxygen atoms in total. The highest BCUT2D eigenvalue weighted by atomic mass is 127. The van der Waals surface area contributed by atoms with E-state index in [2.05, 4.69) is 0 Å². The van der Waals surface area contributed by atoms with Crippen LogP contribution in [0.15, 0.2) is 0 Å². The molecule has 0 amide bonds. The van der Waals surface area contributed by atoms with Gasteiger partial charge in [0.2, 0.25) is 0 Å². The fraction of sp³-hybridized carbons (Fsp3) is 1.00. The van der Waals surface area contributed by atoms with Crippen molar-refractivity contribution in [3.8, 4) is 0 Å². The van der Waals surface area contributed by atoms with E-state index in [-0.39, 0.29) is 6.42 Å². The number of alkyl halides is 3. The van der Waals surface area contributed by atoms with Gasteiger partial charge in [-0.05, 0) is 97.1 Å². The summed E-state index contributed by atoms with van der Waals surface area (Å²) < 4.78 is 23.2. The van der Waals surface area contributed by atoms with Crippen LogP contribution in [0, 0.1) is 23.2 Å². The summed E-state index contributed by atoms with van der Waals surface area (Å²) >= 11 is 1.29. The van der Waals surface area contributed by atoms with Crippen LogP contribution >= 0.6 is 22.6 Å². The van der Waals surface area contributed by atoms with E-state index in [1.165, 1.54) is 61.1 Å². The summed E-state index contributed by atoms with van der Waals surface area (Å²) in [6.45, 7) is 0. The summed E-state index contributed by atoms with van der Waals surface area (Å²) in [7, 11) is 0. The predicted octanol–water partition coefficient (Wildman–Crippen LogP) is 5.40. The van der Waals surface area contributed by atoms with Gasteiger partial charge in [0.15, 0.2) is 0 Å².